The molecule has 0 aliphatic carbocycles. The number of nitrogens with two attached hydrogens (primary N) is 1. The van der Waals surface area contributed by atoms with Crippen LogP contribution < -0.4 is 11.1 Å². The van der Waals surface area contributed by atoms with Crippen molar-refractivity contribution in [2.75, 3.05) is 18.6 Å². The van der Waals surface area contributed by atoms with Crippen LogP contribution in [-0.2, 0) is 28.6 Å². The maximum Gasteiger partial charge on any atom is 0.224 e. The quantitative estimate of drug-likeness (QED) is 0.761. The van der Waals surface area contributed by atoms with Crippen LogP contribution in [0, 0.1) is 0 Å². The Hall–Kier alpha value is -1.20. The van der Waals surface area contributed by atoms with E-state index in [1.807, 2.05) is 24.3 Å². The summed E-state index contributed by atoms with van der Waals surface area (Å²) in [5.41, 5.74) is 7.49. The predicted octanol–water partition coefficient (Wildman–Crippen LogP) is 0.183. The lowest BCUT2D eigenvalue weighted by Crippen LogP contribution is -2.28. The Balaban J connectivity index is 2.37. The van der Waals surface area contributed by atoms with Gasteiger partial charge in [0.1, 0.15) is 0 Å². The first-order valence-electron chi connectivity index (χ1n) is 5.46. The Morgan fingerprint density at radius 3 is 2.41 bits per heavy atom. The van der Waals surface area contributed by atoms with E-state index in [2.05, 4.69) is 5.32 Å². The highest BCUT2D eigenvalue weighted by Crippen LogP contribution is 2.04. The Kier molecular flexibility index (Phi) is 5.86. The van der Waals surface area contributed by atoms with Gasteiger partial charge < -0.3 is 11.1 Å². The topological polar surface area (TPSA) is 72.2 Å². The van der Waals surface area contributed by atoms with Gasteiger partial charge in [0.15, 0.2) is 0 Å². The lowest BCUT2D eigenvalue weighted by molar-refractivity contribution is -0.120. The van der Waals surface area contributed by atoms with Crippen molar-refractivity contribution in [2.45, 2.75) is 13.0 Å². The summed E-state index contributed by atoms with van der Waals surface area (Å²) in [6.07, 6.45) is 1.97. The van der Waals surface area contributed by atoms with Crippen LogP contribution in [0.1, 0.15) is 11.1 Å². The zero-order valence-corrected chi connectivity index (χ0v) is 10.8. The molecule has 4 nitrogen and oxygen atoms in total. The van der Waals surface area contributed by atoms with E-state index in [4.69, 9.17) is 5.73 Å². The van der Waals surface area contributed by atoms with Crippen LogP contribution in [-0.4, -0.2) is 28.7 Å². The SMILES string of the molecule is CS(=O)CCNC(=O)Cc1ccc(CN)cc1. The maximum absolute atomic E-state index is 11.5. The molecule has 0 aromatic heterocycles. The minimum Gasteiger partial charge on any atom is -0.355 e. The molecule has 0 saturated heterocycles. The zero-order chi connectivity index (χ0) is 12.7. The number of hydrogen-bond acceptors (Lipinski definition) is 3. The van der Waals surface area contributed by atoms with Crippen molar-refractivity contribution in [3.05, 3.63) is 35.4 Å². The molecule has 1 amide bonds. The van der Waals surface area contributed by atoms with E-state index < -0.39 is 10.8 Å². The number of hydrogen-bond donors (Lipinski definition) is 2. The molecule has 17 heavy (non-hydrogen) atoms. The number of benzene rings is 1. The number of amides is 1. The smallest absolute Gasteiger partial charge is 0.224 e. The Labute approximate surface area is 104 Å². The number of carbonyl (C=O) groups excluding carboxylic acids is 1. The van der Waals surface area contributed by atoms with Gasteiger partial charge in [-0.2, -0.15) is 0 Å². The van der Waals surface area contributed by atoms with Gasteiger partial charge in [-0.25, -0.2) is 0 Å². The van der Waals surface area contributed by atoms with Gasteiger partial charge >= 0.3 is 0 Å². The zero-order valence-electron chi connectivity index (χ0n) is 9.94. The van der Waals surface area contributed by atoms with Gasteiger partial charge in [-0.1, -0.05) is 24.3 Å². The van der Waals surface area contributed by atoms with Crippen molar-refractivity contribution >= 4 is 16.7 Å². The van der Waals surface area contributed by atoms with Gasteiger partial charge in [-0.05, 0) is 11.1 Å². The average molecular weight is 254 g/mol. The highest BCUT2D eigenvalue weighted by atomic mass is 32.2. The van der Waals surface area contributed by atoms with Crippen LogP contribution >= 0.6 is 0 Å². The molecular formula is C12H18N2O2S. The molecule has 0 spiro atoms. The van der Waals surface area contributed by atoms with Crippen LogP contribution in [0.2, 0.25) is 0 Å². The molecule has 0 aliphatic rings. The molecule has 0 aliphatic heterocycles. The van der Waals surface area contributed by atoms with E-state index in [1.54, 1.807) is 6.26 Å². The molecule has 0 fully saturated rings. The molecule has 3 N–H and O–H groups in total. The van der Waals surface area contributed by atoms with Gasteiger partial charge in [0.05, 0.1) is 6.42 Å². The van der Waals surface area contributed by atoms with E-state index >= 15 is 0 Å². The average Bonchev–Trinajstić information content (AvgIpc) is 2.29. The van der Waals surface area contributed by atoms with Crippen molar-refractivity contribution in [2.24, 2.45) is 5.73 Å². The Morgan fingerprint density at radius 2 is 1.88 bits per heavy atom. The molecule has 0 bridgehead atoms. The van der Waals surface area contributed by atoms with Crippen LogP contribution in [0.4, 0.5) is 0 Å². The largest absolute Gasteiger partial charge is 0.355 e. The summed E-state index contributed by atoms with van der Waals surface area (Å²) in [5, 5.41) is 2.73. The summed E-state index contributed by atoms with van der Waals surface area (Å²) >= 11 is 0. The minimum absolute atomic E-state index is 0.0454. The lowest BCUT2D eigenvalue weighted by Gasteiger charge is -2.05. The fourth-order valence-corrected chi connectivity index (χ4v) is 1.76. The summed E-state index contributed by atoms with van der Waals surface area (Å²) in [6, 6.07) is 7.65. The molecule has 1 unspecified atom stereocenters. The first kappa shape index (κ1) is 13.9. The molecule has 94 valence electrons. The Morgan fingerprint density at radius 1 is 1.29 bits per heavy atom. The summed E-state index contributed by atoms with van der Waals surface area (Å²) in [4.78, 5) is 11.5. The molecule has 1 aromatic rings. The molecule has 5 heteroatoms. The monoisotopic (exact) mass is 254 g/mol. The molecule has 1 rings (SSSR count). The summed E-state index contributed by atoms with van der Waals surface area (Å²) in [5.74, 6) is 0.452. The highest BCUT2D eigenvalue weighted by Gasteiger charge is 2.03. The molecule has 1 atom stereocenters. The second-order valence-corrected chi connectivity index (χ2v) is 5.38. The van der Waals surface area contributed by atoms with Gasteiger partial charge in [0.25, 0.3) is 0 Å². The fraction of sp³-hybridized carbons (Fsp3) is 0.417. The van der Waals surface area contributed by atoms with Crippen LogP contribution in [0.25, 0.3) is 0 Å². The highest BCUT2D eigenvalue weighted by molar-refractivity contribution is 7.84. The maximum atomic E-state index is 11.5. The van der Waals surface area contributed by atoms with E-state index in [0.29, 0.717) is 25.3 Å². The molecule has 1 aromatic carbocycles. The third-order valence-corrected chi connectivity index (χ3v) is 3.11. The second kappa shape index (κ2) is 7.19. The van der Waals surface area contributed by atoms with Gasteiger partial charge in [-0.3, -0.25) is 9.00 Å². The van der Waals surface area contributed by atoms with Crippen LogP contribution in [0.5, 0.6) is 0 Å². The first-order chi connectivity index (χ1) is 8.11. The number of carbonyl (C=O) groups is 1. The first-order valence-corrected chi connectivity index (χ1v) is 7.19. The fourth-order valence-electron chi connectivity index (χ4n) is 1.38. The molecular weight excluding hydrogens is 236 g/mol. The Bertz CT molecular complexity index is 390. The van der Waals surface area contributed by atoms with Crippen LogP contribution in [0.15, 0.2) is 24.3 Å². The summed E-state index contributed by atoms with van der Waals surface area (Å²) in [7, 11) is -0.861. The normalized spacial score (nSPS) is 12.1. The third-order valence-electron chi connectivity index (χ3n) is 2.34. The van der Waals surface area contributed by atoms with E-state index in [9.17, 15) is 9.00 Å². The summed E-state index contributed by atoms with van der Waals surface area (Å²) in [6.45, 7) is 0.970. The van der Waals surface area contributed by atoms with Crippen molar-refractivity contribution in [3.63, 3.8) is 0 Å². The predicted molar refractivity (Wildman–Crippen MR) is 70.0 cm³/mol. The van der Waals surface area contributed by atoms with Gasteiger partial charge in [0, 0.05) is 35.9 Å². The minimum atomic E-state index is -0.861. The van der Waals surface area contributed by atoms with Crippen molar-refractivity contribution < 1.29 is 9.00 Å². The number of rotatable bonds is 6. The molecule has 0 saturated carbocycles. The van der Waals surface area contributed by atoms with Crippen LogP contribution in [0.3, 0.4) is 0 Å². The molecule has 0 radical (unpaired) electrons. The van der Waals surface area contributed by atoms with Crippen molar-refractivity contribution in [1.82, 2.24) is 5.32 Å². The van der Waals surface area contributed by atoms with E-state index in [-0.39, 0.29) is 5.91 Å². The second-order valence-electron chi connectivity index (χ2n) is 3.82. The van der Waals surface area contributed by atoms with Gasteiger partial charge in [0.2, 0.25) is 5.91 Å². The third kappa shape index (κ3) is 5.60. The lowest BCUT2D eigenvalue weighted by atomic mass is 10.1. The summed E-state index contributed by atoms with van der Waals surface area (Å²) < 4.78 is 10.8. The standard InChI is InChI=1S/C12H18N2O2S/c1-17(16)7-6-14-12(15)8-10-2-4-11(9-13)5-3-10/h2-5H,6-9,13H2,1H3,(H,14,15). The number of nitrogens with one attached hydrogen (secondary N) is 1. The van der Waals surface area contributed by atoms with Gasteiger partial charge in [-0.15, -0.1) is 0 Å². The van der Waals surface area contributed by atoms with Crippen molar-refractivity contribution in [3.8, 4) is 0 Å². The van der Waals surface area contributed by atoms with E-state index in [0.717, 1.165) is 11.1 Å². The molecule has 0 heterocycles. The van der Waals surface area contributed by atoms with E-state index in [1.165, 1.54) is 0 Å². The van der Waals surface area contributed by atoms with Crippen molar-refractivity contribution in [1.29, 1.82) is 0 Å².